The highest BCUT2D eigenvalue weighted by atomic mass is 32.1. The molecule has 8 nitrogen and oxygen atoms in total. The van der Waals surface area contributed by atoms with Crippen molar-refractivity contribution in [1.82, 2.24) is 14.9 Å². The van der Waals surface area contributed by atoms with Gasteiger partial charge in [-0.15, -0.1) is 11.3 Å². The van der Waals surface area contributed by atoms with Crippen molar-refractivity contribution in [3.8, 4) is 0 Å². The molecule has 4 rings (SSSR count). The minimum atomic E-state index is -5.08. The summed E-state index contributed by atoms with van der Waals surface area (Å²) in [4.78, 5) is 24.3. The summed E-state index contributed by atoms with van der Waals surface area (Å²) in [5.74, 6) is -1.31. The van der Waals surface area contributed by atoms with Crippen LogP contribution in [0.25, 0.3) is 10.2 Å². The van der Waals surface area contributed by atoms with Gasteiger partial charge >= 0.3 is 12.1 Å². The van der Waals surface area contributed by atoms with Gasteiger partial charge in [-0.2, -0.15) is 18.2 Å². The first-order valence-corrected chi connectivity index (χ1v) is 10.6. The number of carboxylic acid groups (broad SMARTS) is 1. The van der Waals surface area contributed by atoms with Gasteiger partial charge in [-0.3, -0.25) is 4.90 Å². The molecular formula is C18H25F3N6O2S. The summed E-state index contributed by atoms with van der Waals surface area (Å²) in [6.45, 7) is 5.73. The lowest BCUT2D eigenvalue weighted by Gasteiger charge is -2.35. The fourth-order valence-electron chi connectivity index (χ4n) is 3.70. The number of hydrogen-bond acceptors (Lipinski definition) is 8. The van der Waals surface area contributed by atoms with Gasteiger partial charge < -0.3 is 21.5 Å². The number of carboxylic acids is 1. The third-order valence-corrected chi connectivity index (χ3v) is 6.43. The van der Waals surface area contributed by atoms with Gasteiger partial charge in [0.15, 0.2) is 5.82 Å². The quantitative estimate of drug-likeness (QED) is 0.653. The Morgan fingerprint density at radius 1 is 1.13 bits per heavy atom. The van der Waals surface area contributed by atoms with Gasteiger partial charge in [0, 0.05) is 44.1 Å². The number of rotatable bonds is 3. The van der Waals surface area contributed by atoms with Gasteiger partial charge in [0.25, 0.3) is 0 Å². The third-order valence-electron chi connectivity index (χ3n) is 5.15. The van der Waals surface area contributed by atoms with Crippen LogP contribution in [-0.4, -0.2) is 71.4 Å². The molecule has 3 heterocycles. The normalized spacial score (nSPS) is 17.4. The van der Waals surface area contributed by atoms with Crippen LogP contribution in [0.2, 0.25) is 0 Å². The standard InChI is InChI=1S/C16H24N6S.C2HF3O2/c17-5-6-21-7-9-22(10-8-21)15-14-13(19-16(18)20-15)11-3-1-2-4-12(11)23-14;3-2(4,5)1(6)7/h1-10,17H2,(H2,18,19,20);(H,6,7). The highest BCUT2D eigenvalue weighted by molar-refractivity contribution is 7.19. The van der Waals surface area contributed by atoms with Crippen LogP contribution in [0.4, 0.5) is 24.9 Å². The van der Waals surface area contributed by atoms with E-state index in [0.29, 0.717) is 5.95 Å². The minimum Gasteiger partial charge on any atom is -0.475 e. The predicted molar refractivity (Wildman–Crippen MR) is 110 cm³/mol. The molecule has 12 heteroatoms. The van der Waals surface area contributed by atoms with Crippen molar-refractivity contribution in [2.45, 2.75) is 31.9 Å². The van der Waals surface area contributed by atoms with Crippen LogP contribution in [-0.2, 0) is 17.6 Å². The van der Waals surface area contributed by atoms with Crippen molar-refractivity contribution in [2.75, 3.05) is 49.9 Å². The smallest absolute Gasteiger partial charge is 0.475 e. The number of halogens is 3. The molecule has 0 saturated carbocycles. The Kier molecular flexibility index (Phi) is 6.98. The van der Waals surface area contributed by atoms with E-state index in [1.807, 2.05) is 11.3 Å². The topological polar surface area (TPSA) is 122 Å². The molecule has 2 aromatic rings. The lowest BCUT2D eigenvalue weighted by atomic mass is 9.98. The number of aryl methyl sites for hydroxylation is 2. The van der Waals surface area contributed by atoms with E-state index in [4.69, 9.17) is 21.4 Å². The molecule has 0 amide bonds. The van der Waals surface area contributed by atoms with E-state index in [1.54, 1.807) is 0 Å². The molecule has 0 atom stereocenters. The van der Waals surface area contributed by atoms with Crippen LogP contribution in [0.3, 0.4) is 0 Å². The first-order valence-electron chi connectivity index (χ1n) is 9.76. The van der Waals surface area contributed by atoms with Crippen molar-refractivity contribution in [1.29, 1.82) is 0 Å². The Balaban J connectivity index is 0.000000318. The number of anilines is 2. The van der Waals surface area contributed by atoms with Gasteiger partial charge in [0.05, 0.1) is 10.2 Å². The van der Waals surface area contributed by atoms with Crippen LogP contribution < -0.4 is 16.4 Å². The highest BCUT2D eigenvalue weighted by Crippen LogP contribution is 2.39. The van der Waals surface area contributed by atoms with E-state index in [-0.39, 0.29) is 0 Å². The zero-order chi connectivity index (χ0) is 21.9. The van der Waals surface area contributed by atoms with Crippen LogP contribution in [0.5, 0.6) is 0 Å². The number of fused-ring (bicyclic) bond motifs is 3. The Morgan fingerprint density at radius 3 is 2.37 bits per heavy atom. The maximum Gasteiger partial charge on any atom is 0.490 e. The van der Waals surface area contributed by atoms with Crippen LogP contribution >= 0.6 is 11.3 Å². The van der Waals surface area contributed by atoms with Gasteiger partial charge in [-0.05, 0) is 31.2 Å². The molecule has 1 aliphatic carbocycles. The molecule has 1 aliphatic heterocycles. The van der Waals surface area contributed by atoms with Crippen molar-refractivity contribution in [2.24, 2.45) is 5.73 Å². The molecule has 0 bridgehead atoms. The number of thiophene rings is 1. The van der Waals surface area contributed by atoms with Crippen LogP contribution in [0.1, 0.15) is 23.3 Å². The van der Waals surface area contributed by atoms with Crippen molar-refractivity contribution >= 4 is 39.3 Å². The van der Waals surface area contributed by atoms with Crippen molar-refractivity contribution in [3.63, 3.8) is 0 Å². The van der Waals surface area contributed by atoms with E-state index in [1.165, 1.54) is 34.4 Å². The van der Waals surface area contributed by atoms with Gasteiger partial charge in [-0.1, -0.05) is 0 Å². The molecule has 30 heavy (non-hydrogen) atoms. The van der Waals surface area contributed by atoms with Crippen LogP contribution in [0, 0.1) is 0 Å². The first-order chi connectivity index (χ1) is 14.2. The number of carbonyl (C=O) groups is 1. The van der Waals surface area contributed by atoms with Crippen molar-refractivity contribution < 1.29 is 23.1 Å². The monoisotopic (exact) mass is 446 g/mol. The molecular weight excluding hydrogens is 421 g/mol. The second-order valence-corrected chi connectivity index (χ2v) is 8.32. The van der Waals surface area contributed by atoms with E-state index in [0.717, 1.165) is 57.0 Å². The summed E-state index contributed by atoms with van der Waals surface area (Å²) >= 11 is 1.88. The Bertz CT molecular complexity index is 896. The Labute approximate surface area is 175 Å². The average Bonchev–Trinajstić information content (AvgIpc) is 3.07. The maximum atomic E-state index is 10.6. The number of aromatic nitrogens is 2. The zero-order valence-corrected chi connectivity index (χ0v) is 17.2. The molecule has 5 N–H and O–H groups in total. The van der Waals surface area contributed by atoms with Crippen molar-refractivity contribution in [3.05, 3.63) is 10.4 Å². The number of piperazine rings is 1. The highest BCUT2D eigenvalue weighted by Gasteiger charge is 2.38. The predicted octanol–water partition coefficient (Wildman–Crippen LogP) is 1.87. The fraction of sp³-hybridized carbons (Fsp3) is 0.611. The van der Waals surface area contributed by atoms with Gasteiger partial charge in [0.2, 0.25) is 5.95 Å². The third kappa shape index (κ3) is 5.10. The van der Waals surface area contributed by atoms with E-state index >= 15 is 0 Å². The number of nitrogen functional groups attached to an aromatic ring is 1. The van der Waals surface area contributed by atoms with Gasteiger partial charge in [-0.25, -0.2) is 9.78 Å². The van der Waals surface area contributed by atoms with E-state index in [9.17, 15) is 13.2 Å². The largest absolute Gasteiger partial charge is 0.490 e. The molecule has 166 valence electrons. The summed E-state index contributed by atoms with van der Waals surface area (Å²) in [6.07, 6.45) is -0.221. The lowest BCUT2D eigenvalue weighted by Crippen LogP contribution is -2.48. The minimum absolute atomic E-state index is 0.406. The summed E-state index contributed by atoms with van der Waals surface area (Å²) in [5.41, 5.74) is 14.2. The second kappa shape index (κ2) is 9.31. The second-order valence-electron chi connectivity index (χ2n) is 7.21. The van der Waals surface area contributed by atoms with E-state index < -0.39 is 12.1 Å². The summed E-state index contributed by atoms with van der Waals surface area (Å²) in [7, 11) is 0. The SMILES string of the molecule is NCCN1CCN(c2nc(N)nc3c4c(sc23)CCCC4)CC1.O=C(O)C(F)(F)F. The average molecular weight is 446 g/mol. The Morgan fingerprint density at radius 2 is 1.77 bits per heavy atom. The molecule has 0 spiro atoms. The number of nitrogens with two attached hydrogens (primary N) is 2. The molecule has 0 unspecified atom stereocenters. The zero-order valence-electron chi connectivity index (χ0n) is 16.4. The lowest BCUT2D eigenvalue weighted by molar-refractivity contribution is -0.192. The maximum absolute atomic E-state index is 10.6. The number of nitrogens with zero attached hydrogens (tertiary/aromatic N) is 4. The molecule has 2 aromatic heterocycles. The first kappa shape index (κ1) is 22.5. The number of aliphatic carboxylic acids is 1. The van der Waals surface area contributed by atoms with Gasteiger partial charge in [0.1, 0.15) is 0 Å². The molecule has 2 aliphatic rings. The van der Waals surface area contributed by atoms with E-state index in [2.05, 4.69) is 19.8 Å². The molecule has 0 aromatic carbocycles. The molecule has 1 fully saturated rings. The fourth-order valence-corrected chi connectivity index (χ4v) is 5.04. The number of hydrogen-bond donors (Lipinski definition) is 3. The van der Waals surface area contributed by atoms with Crippen LogP contribution in [0.15, 0.2) is 0 Å². The Hall–Kier alpha value is -2.18. The summed E-state index contributed by atoms with van der Waals surface area (Å²) in [5, 5.41) is 7.12. The number of alkyl halides is 3. The summed E-state index contributed by atoms with van der Waals surface area (Å²) < 4.78 is 33.0. The molecule has 0 radical (unpaired) electrons. The molecule has 1 saturated heterocycles. The summed E-state index contributed by atoms with van der Waals surface area (Å²) in [6, 6.07) is 0.